The fourth-order valence-corrected chi connectivity index (χ4v) is 3.88. The number of hydrogen-bond donors (Lipinski definition) is 1. The van der Waals surface area contributed by atoms with Crippen molar-refractivity contribution in [2.75, 3.05) is 66.5 Å². The Bertz CT molecular complexity index is 700. The van der Waals surface area contributed by atoms with Crippen LogP contribution < -0.4 is 10.1 Å². The number of nitrogens with zero attached hydrogens (tertiary/aromatic N) is 4. The number of ether oxygens (including phenoxy) is 1. The van der Waals surface area contributed by atoms with E-state index in [-0.39, 0.29) is 0 Å². The summed E-state index contributed by atoms with van der Waals surface area (Å²) in [5.41, 5.74) is 0. The summed E-state index contributed by atoms with van der Waals surface area (Å²) in [5, 5.41) is 4.13. The van der Waals surface area contributed by atoms with Crippen molar-refractivity contribution >= 4 is 23.5 Å². The molecule has 0 radical (unpaired) electrons. The van der Waals surface area contributed by atoms with Crippen molar-refractivity contribution in [3.05, 3.63) is 29.3 Å². The number of carbonyl (C=O) groups excluding carboxylic acids is 1. The zero-order chi connectivity index (χ0) is 21.3. The van der Waals surface area contributed by atoms with Crippen LogP contribution in [0.25, 0.3) is 0 Å². The van der Waals surface area contributed by atoms with Gasteiger partial charge in [0.25, 0.3) is 0 Å². The van der Waals surface area contributed by atoms with E-state index in [9.17, 15) is 4.79 Å². The van der Waals surface area contributed by atoms with Crippen molar-refractivity contribution in [3.63, 3.8) is 0 Å². The average molecular weight is 436 g/mol. The molecule has 166 valence electrons. The average Bonchev–Trinajstić information content (AvgIpc) is 2.71. The standard InChI is InChI=1S/C22H34ClN5O2/c1-24-22(26(2)16-17-30-20-8-6-19(23)7-9-20)25-10-11-27-12-14-28(15-13-27)21(29)18-4-3-5-18/h6-9,18H,3-5,10-17H2,1-2H3,(H,24,25). The van der Waals surface area contributed by atoms with Crippen molar-refractivity contribution in [1.29, 1.82) is 0 Å². The van der Waals surface area contributed by atoms with Crippen LogP contribution in [0, 0.1) is 5.92 Å². The van der Waals surface area contributed by atoms with Gasteiger partial charge < -0.3 is 19.9 Å². The maximum absolute atomic E-state index is 12.4. The van der Waals surface area contributed by atoms with Crippen LogP contribution >= 0.6 is 11.6 Å². The van der Waals surface area contributed by atoms with E-state index >= 15 is 0 Å². The first kappa shape index (κ1) is 22.7. The number of guanidine groups is 1. The second-order valence-electron chi connectivity index (χ2n) is 7.99. The van der Waals surface area contributed by atoms with E-state index in [2.05, 4.69) is 25.0 Å². The van der Waals surface area contributed by atoms with Crippen molar-refractivity contribution in [2.45, 2.75) is 19.3 Å². The topological polar surface area (TPSA) is 60.4 Å². The van der Waals surface area contributed by atoms with Gasteiger partial charge in [0.15, 0.2) is 5.96 Å². The highest BCUT2D eigenvalue weighted by atomic mass is 35.5. The third-order valence-corrected chi connectivity index (χ3v) is 6.18. The molecule has 1 aromatic rings. The maximum atomic E-state index is 12.4. The molecule has 1 heterocycles. The van der Waals surface area contributed by atoms with Crippen LogP contribution in [0.2, 0.25) is 5.02 Å². The van der Waals surface area contributed by atoms with Crippen LogP contribution in [-0.4, -0.2) is 93.1 Å². The van der Waals surface area contributed by atoms with Crippen LogP contribution in [0.5, 0.6) is 5.75 Å². The van der Waals surface area contributed by atoms with Crippen LogP contribution in [0.4, 0.5) is 0 Å². The Hall–Kier alpha value is -1.99. The fourth-order valence-electron chi connectivity index (χ4n) is 3.75. The van der Waals surface area contributed by atoms with Crippen molar-refractivity contribution in [3.8, 4) is 5.75 Å². The highest BCUT2D eigenvalue weighted by molar-refractivity contribution is 6.30. The van der Waals surface area contributed by atoms with Gasteiger partial charge in [0.1, 0.15) is 12.4 Å². The molecule has 0 atom stereocenters. The third kappa shape index (κ3) is 6.51. The normalized spacial score (nSPS) is 18.1. The number of likely N-dealkylation sites (N-methyl/N-ethyl adjacent to an activating group) is 1. The molecule has 1 saturated heterocycles. The second kappa shape index (κ2) is 11.4. The van der Waals surface area contributed by atoms with E-state index in [0.717, 1.165) is 70.4 Å². The molecular weight excluding hydrogens is 402 g/mol. The molecule has 1 N–H and O–H groups in total. The molecule has 1 amide bonds. The van der Waals surface area contributed by atoms with Gasteiger partial charge in [-0.25, -0.2) is 0 Å². The SMILES string of the molecule is CN=C(NCCN1CCN(C(=O)C2CCC2)CC1)N(C)CCOc1ccc(Cl)cc1. The van der Waals surface area contributed by atoms with Gasteiger partial charge in [-0.2, -0.15) is 0 Å². The van der Waals surface area contributed by atoms with Gasteiger partial charge >= 0.3 is 0 Å². The van der Waals surface area contributed by atoms with E-state index in [1.807, 2.05) is 31.3 Å². The summed E-state index contributed by atoms with van der Waals surface area (Å²) in [4.78, 5) is 23.2. The number of rotatable bonds is 8. The third-order valence-electron chi connectivity index (χ3n) is 5.93. The van der Waals surface area contributed by atoms with Crippen LogP contribution in [-0.2, 0) is 4.79 Å². The lowest BCUT2D eigenvalue weighted by Crippen LogP contribution is -2.52. The summed E-state index contributed by atoms with van der Waals surface area (Å²) in [7, 11) is 3.80. The molecule has 2 fully saturated rings. The van der Waals surface area contributed by atoms with Gasteiger partial charge in [-0.05, 0) is 37.1 Å². The largest absolute Gasteiger partial charge is 0.492 e. The molecule has 2 aliphatic rings. The molecule has 1 saturated carbocycles. The Labute approximate surface area is 185 Å². The summed E-state index contributed by atoms with van der Waals surface area (Å²) in [5.74, 6) is 2.35. The summed E-state index contributed by atoms with van der Waals surface area (Å²) in [6, 6.07) is 7.39. The highest BCUT2D eigenvalue weighted by Crippen LogP contribution is 2.28. The zero-order valence-corrected chi connectivity index (χ0v) is 18.9. The monoisotopic (exact) mass is 435 g/mol. The summed E-state index contributed by atoms with van der Waals surface area (Å²) in [6.07, 6.45) is 3.38. The number of aliphatic imine (C=N–C) groups is 1. The van der Waals surface area contributed by atoms with E-state index < -0.39 is 0 Å². The van der Waals surface area contributed by atoms with Gasteiger partial charge in [0.05, 0.1) is 6.54 Å². The Morgan fingerprint density at radius 3 is 2.53 bits per heavy atom. The van der Waals surface area contributed by atoms with E-state index in [0.29, 0.717) is 23.5 Å². The number of hydrogen-bond acceptors (Lipinski definition) is 4. The number of carbonyl (C=O) groups is 1. The predicted octanol–water partition coefficient (Wildman–Crippen LogP) is 2.17. The highest BCUT2D eigenvalue weighted by Gasteiger charge is 2.31. The molecule has 1 aromatic carbocycles. The lowest BCUT2D eigenvalue weighted by atomic mass is 9.84. The van der Waals surface area contributed by atoms with Gasteiger partial charge in [-0.3, -0.25) is 14.7 Å². The Kier molecular flexibility index (Phi) is 8.63. The molecular formula is C22H34ClN5O2. The van der Waals surface area contributed by atoms with Crippen LogP contribution in [0.1, 0.15) is 19.3 Å². The molecule has 1 aliphatic carbocycles. The molecule has 30 heavy (non-hydrogen) atoms. The molecule has 3 rings (SSSR count). The summed E-state index contributed by atoms with van der Waals surface area (Å²) < 4.78 is 5.76. The molecule has 0 bridgehead atoms. The van der Waals surface area contributed by atoms with Crippen LogP contribution in [0.15, 0.2) is 29.3 Å². The fraction of sp³-hybridized carbons (Fsp3) is 0.636. The Morgan fingerprint density at radius 2 is 1.93 bits per heavy atom. The van der Waals surface area contributed by atoms with Gasteiger partial charge in [-0.15, -0.1) is 0 Å². The molecule has 1 aliphatic heterocycles. The van der Waals surface area contributed by atoms with Gasteiger partial charge in [-0.1, -0.05) is 18.0 Å². The lowest BCUT2D eigenvalue weighted by Gasteiger charge is -2.38. The van der Waals surface area contributed by atoms with Crippen molar-refractivity contribution in [1.82, 2.24) is 20.0 Å². The first-order valence-electron chi connectivity index (χ1n) is 10.9. The molecule has 7 nitrogen and oxygen atoms in total. The molecule has 0 aromatic heterocycles. The minimum absolute atomic E-state index is 0.306. The Morgan fingerprint density at radius 1 is 1.23 bits per heavy atom. The summed E-state index contributed by atoms with van der Waals surface area (Å²) in [6.45, 7) is 6.66. The molecule has 8 heteroatoms. The molecule has 0 unspecified atom stereocenters. The van der Waals surface area contributed by atoms with E-state index in [1.165, 1.54) is 6.42 Å². The number of halogens is 1. The van der Waals surface area contributed by atoms with Gasteiger partial charge in [0, 0.05) is 64.3 Å². The zero-order valence-electron chi connectivity index (χ0n) is 18.1. The maximum Gasteiger partial charge on any atom is 0.225 e. The first-order chi connectivity index (χ1) is 14.6. The lowest BCUT2D eigenvalue weighted by molar-refractivity contribution is -0.139. The number of piperazine rings is 1. The minimum Gasteiger partial charge on any atom is -0.492 e. The number of benzene rings is 1. The quantitative estimate of drug-likeness (QED) is 0.501. The second-order valence-corrected chi connectivity index (χ2v) is 8.43. The number of nitrogens with one attached hydrogen (secondary N) is 1. The number of amides is 1. The van der Waals surface area contributed by atoms with Crippen LogP contribution in [0.3, 0.4) is 0 Å². The minimum atomic E-state index is 0.306. The van der Waals surface area contributed by atoms with E-state index in [1.54, 1.807) is 7.05 Å². The predicted molar refractivity (Wildman–Crippen MR) is 121 cm³/mol. The van der Waals surface area contributed by atoms with Gasteiger partial charge in [0.2, 0.25) is 5.91 Å². The Balaban J connectivity index is 1.30. The first-order valence-corrected chi connectivity index (χ1v) is 11.3. The smallest absolute Gasteiger partial charge is 0.225 e. The van der Waals surface area contributed by atoms with Crippen molar-refractivity contribution < 1.29 is 9.53 Å². The van der Waals surface area contributed by atoms with E-state index in [4.69, 9.17) is 16.3 Å². The van der Waals surface area contributed by atoms with Crippen molar-refractivity contribution in [2.24, 2.45) is 10.9 Å². The molecule has 0 spiro atoms. The summed E-state index contributed by atoms with van der Waals surface area (Å²) >= 11 is 5.89.